The molecule has 2 rings (SSSR count). The largest absolute Gasteiger partial charge is 0.477 e. The minimum absolute atomic E-state index is 0.337. The van der Waals surface area contributed by atoms with Gasteiger partial charge in [-0.3, -0.25) is 0 Å². The summed E-state index contributed by atoms with van der Waals surface area (Å²) in [5, 5.41) is 12.8. The van der Waals surface area contributed by atoms with Crippen LogP contribution in [0.3, 0.4) is 0 Å². The highest BCUT2D eigenvalue weighted by Crippen LogP contribution is 2.30. The second-order valence-corrected chi connectivity index (χ2v) is 6.51. The lowest BCUT2D eigenvalue weighted by Crippen LogP contribution is -2.02. The van der Waals surface area contributed by atoms with E-state index in [-0.39, 0.29) is 0 Å². The van der Waals surface area contributed by atoms with Gasteiger partial charge in [0.25, 0.3) is 0 Å². The van der Waals surface area contributed by atoms with Crippen LogP contribution in [0, 0.1) is 12.8 Å². The van der Waals surface area contributed by atoms with Crippen LogP contribution in [0.25, 0.3) is 10.7 Å². The molecule has 4 nitrogen and oxygen atoms in total. The van der Waals surface area contributed by atoms with Crippen molar-refractivity contribution in [3.05, 3.63) is 21.0 Å². The Bertz CT molecular complexity index is 572. The van der Waals surface area contributed by atoms with E-state index in [9.17, 15) is 9.90 Å². The van der Waals surface area contributed by atoms with Gasteiger partial charge in [-0.15, -0.1) is 22.7 Å². The second kappa shape index (κ2) is 5.16. The Labute approximate surface area is 113 Å². The SMILES string of the molecule is Cc1nc(-c2nc(CC(C)C)c(C(=O)O)s2)cs1. The first-order valence-electron chi connectivity index (χ1n) is 5.63. The van der Waals surface area contributed by atoms with Gasteiger partial charge in [-0.1, -0.05) is 13.8 Å². The molecule has 0 unspecified atom stereocenters. The number of aromatic nitrogens is 2. The Kier molecular flexibility index (Phi) is 3.77. The normalized spacial score (nSPS) is 11.1. The molecule has 2 aromatic rings. The third-order valence-electron chi connectivity index (χ3n) is 2.33. The van der Waals surface area contributed by atoms with Crippen LogP contribution >= 0.6 is 22.7 Å². The molecule has 0 aliphatic carbocycles. The van der Waals surface area contributed by atoms with Crippen molar-refractivity contribution >= 4 is 28.6 Å². The minimum atomic E-state index is -0.902. The van der Waals surface area contributed by atoms with Gasteiger partial charge in [0.05, 0.1) is 10.7 Å². The van der Waals surface area contributed by atoms with E-state index >= 15 is 0 Å². The summed E-state index contributed by atoms with van der Waals surface area (Å²) in [5.41, 5.74) is 1.45. The summed E-state index contributed by atoms with van der Waals surface area (Å²) in [6.07, 6.45) is 0.682. The topological polar surface area (TPSA) is 63.1 Å². The zero-order valence-corrected chi connectivity index (χ0v) is 12.1. The Balaban J connectivity index is 2.42. The molecule has 0 amide bonds. The number of thiazole rings is 2. The quantitative estimate of drug-likeness (QED) is 0.932. The molecule has 0 spiro atoms. The summed E-state index contributed by atoms with van der Waals surface area (Å²) in [6.45, 7) is 6.03. The second-order valence-electron chi connectivity index (χ2n) is 4.45. The van der Waals surface area contributed by atoms with Crippen molar-refractivity contribution in [1.82, 2.24) is 9.97 Å². The standard InChI is InChI=1S/C12H14N2O2S2/c1-6(2)4-8-10(12(15)16)18-11(14-8)9-5-17-7(3)13-9/h5-6H,4H2,1-3H3,(H,15,16). The highest BCUT2D eigenvalue weighted by atomic mass is 32.1. The molecule has 0 fully saturated rings. The van der Waals surface area contributed by atoms with E-state index in [0.29, 0.717) is 27.9 Å². The lowest BCUT2D eigenvalue weighted by molar-refractivity contribution is 0.0700. The van der Waals surface area contributed by atoms with Crippen LogP contribution in [0.15, 0.2) is 5.38 Å². The highest BCUT2D eigenvalue weighted by molar-refractivity contribution is 7.17. The van der Waals surface area contributed by atoms with E-state index in [0.717, 1.165) is 10.7 Å². The number of hydrogen-bond acceptors (Lipinski definition) is 5. The van der Waals surface area contributed by atoms with Gasteiger partial charge in [0.2, 0.25) is 0 Å². The predicted octanol–water partition coefficient (Wildman–Crippen LogP) is 3.47. The molecular formula is C12H14N2O2S2. The molecule has 0 radical (unpaired) electrons. The monoisotopic (exact) mass is 282 g/mol. The molecule has 96 valence electrons. The lowest BCUT2D eigenvalue weighted by Gasteiger charge is -2.01. The number of hydrogen-bond donors (Lipinski definition) is 1. The maximum absolute atomic E-state index is 11.2. The van der Waals surface area contributed by atoms with E-state index in [4.69, 9.17) is 0 Å². The Morgan fingerprint density at radius 1 is 1.44 bits per heavy atom. The van der Waals surface area contributed by atoms with Crippen molar-refractivity contribution in [3.8, 4) is 10.7 Å². The van der Waals surface area contributed by atoms with Gasteiger partial charge in [0.1, 0.15) is 15.6 Å². The molecule has 18 heavy (non-hydrogen) atoms. The minimum Gasteiger partial charge on any atom is -0.477 e. The van der Waals surface area contributed by atoms with Crippen molar-refractivity contribution in [2.45, 2.75) is 27.2 Å². The highest BCUT2D eigenvalue weighted by Gasteiger charge is 2.19. The summed E-state index contributed by atoms with van der Waals surface area (Å²) in [6, 6.07) is 0. The Morgan fingerprint density at radius 3 is 2.67 bits per heavy atom. The van der Waals surface area contributed by atoms with Crippen LogP contribution in [0.1, 0.15) is 34.2 Å². The maximum atomic E-state index is 11.2. The van der Waals surface area contributed by atoms with E-state index in [2.05, 4.69) is 23.8 Å². The molecule has 0 saturated carbocycles. The Hall–Kier alpha value is -1.27. The first-order chi connectivity index (χ1) is 8.47. The molecule has 0 aliphatic rings. The Morgan fingerprint density at radius 2 is 2.17 bits per heavy atom. The number of aromatic carboxylic acids is 1. The van der Waals surface area contributed by atoms with Gasteiger partial charge in [0, 0.05) is 5.38 Å². The van der Waals surface area contributed by atoms with Crippen LogP contribution in [-0.4, -0.2) is 21.0 Å². The zero-order valence-electron chi connectivity index (χ0n) is 10.4. The van der Waals surface area contributed by atoms with E-state index < -0.39 is 5.97 Å². The van der Waals surface area contributed by atoms with Gasteiger partial charge >= 0.3 is 5.97 Å². The molecule has 0 aliphatic heterocycles. The molecule has 0 aromatic carbocycles. The summed E-state index contributed by atoms with van der Waals surface area (Å²) < 4.78 is 0. The molecule has 0 atom stereocenters. The number of carbonyl (C=O) groups is 1. The fourth-order valence-electron chi connectivity index (χ4n) is 1.62. The molecule has 0 bridgehead atoms. The van der Waals surface area contributed by atoms with E-state index in [1.54, 1.807) is 11.3 Å². The van der Waals surface area contributed by atoms with E-state index in [1.807, 2.05) is 12.3 Å². The van der Waals surface area contributed by atoms with Crippen molar-refractivity contribution in [2.24, 2.45) is 5.92 Å². The first-order valence-corrected chi connectivity index (χ1v) is 7.32. The van der Waals surface area contributed by atoms with Gasteiger partial charge in [0.15, 0.2) is 0 Å². The summed E-state index contributed by atoms with van der Waals surface area (Å²) >= 11 is 2.75. The van der Waals surface area contributed by atoms with E-state index in [1.165, 1.54) is 11.3 Å². The third-order valence-corrected chi connectivity index (χ3v) is 4.21. The summed E-state index contributed by atoms with van der Waals surface area (Å²) in [7, 11) is 0. The fourth-order valence-corrected chi connectivity index (χ4v) is 3.18. The third kappa shape index (κ3) is 2.76. The summed E-state index contributed by atoms with van der Waals surface area (Å²) in [4.78, 5) is 20.3. The number of nitrogens with zero attached hydrogens (tertiary/aromatic N) is 2. The molecule has 6 heteroatoms. The van der Waals surface area contributed by atoms with Gasteiger partial charge in [-0.2, -0.15) is 0 Å². The molecule has 1 N–H and O–H groups in total. The van der Waals surface area contributed by atoms with Crippen LogP contribution in [-0.2, 0) is 6.42 Å². The average molecular weight is 282 g/mol. The van der Waals surface area contributed by atoms with Crippen molar-refractivity contribution in [1.29, 1.82) is 0 Å². The van der Waals surface area contributed by atoms with Crippen LogP contribution in [0.4, 0.5) is 0 Å². The van der Waals surface area contributed by atoms with Crippen LogP contribution in [0.5, 0.6) is 0 Å². The smallest absolute Gasteiger partial charge is 0.347 e. The molecule has 2 aromatic heterocycles. The van der Waals surface area contributed by atoms with Crippen LogP contribution in [0.2, 0.25) is 0 Å². The number of aryl methyl sites for hydroxylation is 1. The van der Waals surface area contributed by atoms with Gasteiger partial charge < -0.3 is 5.11 Å². The molecule has 2 heterocycles. The zero-order chi connectivity index (χ0) is 13.3. The van der Waals surface area contributed by atoms with Crippen molar-refractivity contribution in [3.63, 3.8) is 0 Å². The molecule has 0 saturated heterocycles. The number of carboxylic acids is 1. The number of carboxylic acid groups (broad SMARTS) is 1. The maximum Gasteiger partial charge on any atom is 0.347 e. The average Bonchev–Trinajstić information content (AvgIpc) is 2.83. The molecular weight excluding hydrogens is 268 g/mol. The van der Waals surface area contributed by atoms with Gasteiger partial charge in [-0.25, -0.2) is 14.8 Å². The van der Waals surface area contributed by atoms with Gasteiger partial charge in [-0.05, 0) is 19.3 Å². The number of rotatable bonds is 4. The summed E-state index contributed by atoms with van der Waals surface area (Å²) in [5.74, 6) is -0.517. The van der Waals surface area contributed by atoms with Crippen LogP contribution < -0.4 is 0 Å². The predicted molar refractivity (Wildman–Crippen MR) is 73.5 cm³/mol. The first kappa shape index (κ1) is 13.2. The lowest BCUT2D eigenvalue weighted by atomic mass is 10.1. The van der Waals surface area contributed by atoms with Crippen molar-refractivity contribution in [2.75, 3.05) is 0 Å². The van der Waals surface area contributed by atoms with Crippen molar-refractivity contribution < 1.29 is 9.90 Å². The fraction of sp³-hybridized carbons (Fsp3) is 0.417.